The smallest absolute Gasteiger partial charge is 0.258 e. The Kier molecular flexibility index (Phi) is 2.27. The first-order valence-electron chi connectivity index (χ1n) is 7.19. The molecule has 1 aromatic carbocycles. The lowest BCUT2D eigenvalue weighted by atomic mass is 9.82. The quantitative estimate of drug-likeness (QED) is 0.619. The van der Waals surface area contributed by atoms with Crippen LogP contribution in [0.25, 0.3) is 0 Å². The van der Waals surface area contributed by atoms with E-state index in [1.165, 1.54) is 12.1 Å². The van der Waals surface area contributed by atoms with Crippen molar-refractivity contribution in [3.63, 3.8) is 0 Å². The fourth-order valence-corrected chi connectivity index (χ4v) is 4.53. The summed E-state index contributed by atoms with van der Waals surface area (Å²) in [6.45, 7) is 0. The molecule has 2 saturated carbocycles. The normalized spacial score (nSPS) is 39.8. The van der Waals surface area contributed by atoms with Gasteiger partial charge in [-0.1, -0.05) is 16.8 Å². The van der Waals surface area contributed by atoms with Crippen molar-refractivity contribution in [3.8, 4) is 0 Å². The Labute approximate surface area is 130 Å². The Hall–Kier alpha value is -2.09. The monoisotopic (exact) mass is 318 g/mol. The number of nitro groups is 1. The van der Waals surface area contributed by atoms with Crippen LogP contribution in [-0.2, 0) is 0 Å². The van der Waals surface area contributed by atoms with E-state index >= 15 is 0 Å². The molecular weight excluding hydrogens is 308 g/mol. The van der Waals surface area contributed by atoms with Crippen LogP contribution in [0.1, 0.15) is 6.42 Å². The molecule has 5 rings (SSSR count). The van der Waals surface area contributed by atoms with Crippen LogP contribution in [-0.4, -0.2) is 29.1 Å². The minimum atomic E-state index is -0.479. The van der Waals surface area contributed by atoms with Gasteiger partial charge in [0.1, 0.15) is 23.1 Å². The summed E-state index contributed by atoms with van der Waals surface area (Å²) in [4.78, 5) is 10.6. The third-order valence-electron chi connectivity index (χ3n) is 5.29. The number of benzene rings is 1. The summed E-state index contributed by atoms with van der Waals surface area (Å²) >= 11 is 5.88. The maximum absolute atomic E-state index is 11.1. The van der Waals surface area contributed by atoms with E-state index < -0.39 is 4.92 Å². The van der Waals surface area contributed by atoms with Crippen LogP contribution in [0.3, 0.4) is 0 Å². The Morgan fingerprint density at radius 1 is 1.18 bits per heavy atom. The SMILES string of the molecule is O=[N+]([O-])c1cc(N2N=N[C@H]3[C@H]4C[C@H]([C@@H]5N=N[C@H]45)[C@H]32)ccc1Cl. The first-order valence-corrected chi connectivity index (χ1v) is 7.57. The Morgan fingerprint density at radius 3 is 2.68 bits per heavy atom. The number of fused-ring (bicyclic) bond motifs is 8. The molecule has 1 aromatic rings. The third kappa shape index (κ3) is 1.38. The minimum absolute atomic E-state index is 0.109. The Bertz CT molecular complexity index is 752. The zero-order valence-corrected chi connectivity index (χ0v) is 12.0. The van der Waals surface area contributed by atoms with Crippen molar-refractivity contribution in [3.05, 3.63) is 33.3 Å². The second-order valence-corrected chi connectivity index (χ2v) is 6.61. The maximum atomic E-state index is 11.1. The van der Waals surface area contributed by atoms with E-state index in [1.54, 1.807) is 6.07 Å². The van der Waals surface area contributed by atoms with Gasteiger partial charge in [0.2, 0.25) is 0 Å². The number of halogens is 1. The highest BCUT2D eigenvalue weighted by atomic mass is 35.5. The van der Waals surface area contributed by atoms with Crippen LogP contribution in [0, 0.1) is 22.0 Å². The lowest BCUT2D eigenvalue weighted by molar-refractivity contribution is -0.384. The molecule has 6 atom stereocenters. The number of nitrogens with zero attached hydrogens (tertiary/aromatic N) is 6. The Balaban J connectivity index is 1.52. The van der Waals surface area contributed by atoms with Crippen molar-refractivity contribution in [2.75, 3.05) is 5.01 Å². The number of hydrogen-bond donors (Lipinski definition) is 0. The lowest BCUT2D eigenvalue weighted by Crippen LogP contribution is -2.52. The molecule has 0 spiro atoms. The van der Waals surface area contributed by atoms with E-state index in [1.807, 2.05) is 5.01 Å². The van der Waals surface area contributed by atoms with E-state index in [9.17, 15) is 10.1 Å². The zero-order valence-electron chi connectivity index (χ0n) is 11.3. The highest BCUT2D eigenvalue weighted by Crippen LogP contribution is 2.56. The molecule has 0 N–H and O–H groups in total. The molecule has 2 aliphatic heterocycles. The van der Waals surface area contributed by atoms with E-state index in [0.29, 0.717) is 23.6 Å². The van der Waals surface area contributed by atoms with Gasteiger partial charge >= 0.3 is 0 Å². The Morgan fingerprint density at radius 2 is 1.95 bits per heavy atom. The molecule has 0 radical (unpaired) electrons. The summed E-state index contributed by atoms with van der Waals surface area (Å²) in [6.07, 6.45) is 1.06. The predicted molar refractivity (Wildman–Crippen MR) is 77.0 cm³/mol. The fourth-order valence-electron chi connectivity index (χ4n) is 4.34. The number of hydrogen-bond acceptors (Lipinski definition) is 7. The first kappa shape index (κ1) is 12.5. The highest BCUT2D eigenvalue weighted by molar-refractivity contribution is 6.32. The van der Waals surface area contributed by atoms with Gasteiger partial charge in [0.15, 0.2) is 0 Å². The lowest BCUT2D eigenvalue weighted by Gasteiger charge is -2.38. The molecule has 0 saturated heterocycles. The van der Waals surface area contributed by atoms with Crippen LogP contribution >= 0.6 is 11.6 Å². The average molecular weight is 319 g/mol. The van der Waals surface area contributed by atoms with Gasteiger partial charge in [0, 0.05) is 17.9 Å². The number of anilines is 1. The van der Waals surface area contributed by atoms with E-state index in [4.69, 9.17) is 11.6 Å². The van der Waals surface area contributed by atoms with Crippen LogP contribution in [0.15, 0.2) is 38.8 Å². The summed E-state index contributed by atoms with van der Waals surface area (Å²) in [5.41, 5.74) is 0.551. The molecule has 9 heteroatoms. The molecular formula is C13H11ClN6O2. The van der Waals surface area contributed by atoms with Crippen molar-refractivity contribution in [1.29, 1.82) is 0 Å². The zero-order chi connectivity index (χ0) is 15.0. The standard InChI is InChI=1S/C13H11ClN6O2/c14-8-2-1-5(3-9(8)20(21)22)19-13-7-4-6(12(13)17-18-19)10-11(7)16-15-10/h1-3,6-7,10-13H,4H2/t6-,7+,10+,11-,12-,13+/m0/s1. The van der Waals surface area contributed by atoms with Crippen molar-refractivity contribution >= 4 is 23.0 Å². The van der Waals surface area contributed by atoms with Crippen molar-refractivity contribution < 1.29 is 4.92 Å². The van der Waals surface area contributed by atoms with Crippen LogP contribution < -0.4 is 5.01 Å². The average Bonchev–Trinajstić information content (AvgIpc) is 3.07. The van der Waals surface area contributed by atoms with Crippen molar-refractivity contribution in [2.24, 2.45) is 32.4 Å². The second-order valence-electron chi connectivity index (χ2n) is 6.20. The van der Waals surface area contributed by atoms with Crippen molar-refractivity contribution in [1.82, 2.24) is 0 Å². The molecule has 2 bridgehead atoms. The molecule has 112 valence electrons. The summed E-state index contributed by atoms with van der Waals surface area (Å²) in [5.74, 6) is 0.788. The number of azo groups is 1. The van der Waals surface area contributed by atoms with E-state index in [0.717, 1.165) is 6.42 Å². The van der Waals surface area contributed by atoms with Crippen LogP contribution in [0.4, 0.5) is 11.4 Å². The molecule has 4 aliphatic rings. The first-order chi connectivity index (χ1) is 10.6. The molecule has 8 nitrogen and oxygen atoms in total. The van der Waals surface area contributed by atoms with Gasteiger partial charge in [-0.2, -0.15) is 15.3 Å². The fraction of sp³-hybridized carbons (Fsp3) is 0.538. The second kappa shape index (κ2) is 4.01. The predicted octanol–water partition coefficient (Wildman–Crippen LogP) is 3.03. The van der Waals surface area contributed by atoms with Crippen LogP contribution in [0.5, 0.6) is 0 Å². The topological polar surface area (TPSA) is 95.8 Å². The summed E-state index contributed by atoms with van der Waals surface area (Å²) in [5, 5.41) is 30.1. The van der Waals surface area contributed by atoms with Gasteiger partial charge in [-0.25, -0.2) is 5.01 Å². The van der Waals surface area contributed by atoms with Gasteiger partial charge in [0.25, 0.3) is 5.69 Å². The summed E-state index contributed by atoms with van der Waals surface area (Å²) in [6, 6.07) is 5.60. The van der Waals surface area contributed by atoms with Gasteiger partial charge < -0.3 is 0 Å². The molecule has 0 aromatic heterocycles. The van der Waals surface area contributed by atoms with Gasteiger partial charge in [0.05, 0.1) is 16.7 Å². The maximum Gasteiger partial charge on any atom is 0.290 e. The van der Waals surface area contributed by atoms with Crippen molar-refractivity contribution in [2.45, 2.75) is 30.6 Å². The van der Waals surface area contributed by atoms with E-state index in [-0.39, 0.29) is 28.8 Å². The molecule has 0 unspecified atom stereocenters. The summed E-state index contributed by atoms with van der Waals surface area (Å²) < 4.78 is 0. The van der Waals surface area contributed by atoms with Crippen LogP contribution in [0.2, 0.25) is 5.02 Å². The van der Waals surface area contributed by atoms with Gasteiger partial charge in [-0.15, -0.1) is 0 Å². The minimum Gasteiger partial charge on any atom is -0.258 e. The highest BCUT2D eigenvalue weighted by Gasteiger charge is 2.65. The van der Waals surface area contributed by atoms with Gasteiger partial charge in [-0.3, -0.25) is 10.1 Å². The number of rotatable bonds is 2. The van der Waals surface area contributed by atoms with Gasteiger partial charge in [-0.05, 0) is 18.6 Å². The molecule has 2 aliphatic carbocycles. The largest absolute Gasteiger partial charge is 0.290 e. The number of nitro benzene ring substituents is 1. The van der Waals surface area contributed by atoms with E-state index in [2.05, 4.69) is 20.6 Å². The third-order valence-corrected chi connectivity index (χ3v) is 5.61. The molecule has 2 fully saturated rings. The molecule has 22 heavy (non-hydrogen) atoms. The molecule has 2 heterocycles. The molecule has 0 amide bonds. The summed E-state index contributed by atoms with van der Waals surface area (Å²) in [7, 11) is 0.